The predicted molar refractivity (Wildman–Crippen MR) is 90.6 cm³/mol. The lowest BCUT2D eigenvalue weighted by molar-refractivity contribution is 0.790. The Morgan fingerprint density at radius 2 is 1.95 bits per heavy atom. The van der Waals surface area contributed by atoms with E-state index < -0.39 is 0 Å². The Kier molecular flexibility index (Phi) is 4.99. The van der Waals surface area contributed by atoms with E-state index in [0.717, 1.165) is 17.7 Å². The van der Waals surface area contributed by atoms with Crippen molar-refractivity contribution in [3.05, 3.63) is 64.7 Å². The van der Waals surface area contributed by atoms with Gasteiger partial charge in [-0.2, -0.15) is 0 Å². The molecular formula is C16H17ClN2S. The topological polar surface area (TPSA) is 38.0 Å². The highest BCUT2D eigenvalue weighted by Gasteiger charge is 2.09. The van der Waals surface area contributed by atoms with Crippen LogP contribution in [0.5, 0.6) is 0 Å². The average molecular weight is 305 g/mol. The van der Waals surface area contributed by atoms with Crippen LogP contribution in [0.15, 0.2) is 48.5 Å². The van der Waals surface area contributed by atoms with Crippen molar-refractivity contribution in [2.75, 3.05) is 5.32 Å². The van der Waals surface area contributed by atoms with Crippen LogP contribution in [-0.2, 0) is 6.42 Å². The second-order valence-corrected chi connectivity index (χ2v) is 5.67. The van der Waals surface area contributed by atoms with Gasteiger partial charge in [-0.1, -0.05) is 54.2 Å². The maximum Gasteiger partial charge on any atom is 0.106 e. The lowest BCUT2D eigenvalue weighted by Crippen LogP contribution is -2.21. The number of hydrogen-bond donors (Lipinski definition) is 2. The molecule has 2 rings (SSSR count). The summed E-state index contributed by atoms with van der Waals surface area (Å²) in [7, 11) is 0. The smallest absolute Gasteiger partial charge is 0.106 e. The summed E-state index contributed by atoms with van der Waals surface area (Å²) in [5.74, 6) is 0. The largest absolute Gasteiger partial charge is 0.389 e. The summed E-state index contributed by atoms with van der Waals surface area (Å²) < 4.78 is 0. The quantitative estimate of drug-likeness (QED) is 0.820. The summed E-state index contributed by atoms with van der Waals surface area (Å²) in [6.07, 6.45) is 0.931. The summed E-state index contributed by atoms with van der Waals surface area (Å²) in [4.78, 5) is 0.349. The van der Waals surface area contributed by atoms with Crippen LogP contribution in [0.25, 0.3) is 0 Å². The lowest BCUT2D eigenvalue weighted by atomic mass is 10.1. The number of nitrogens with one attached hydrogen (secondary N) is 1. The van der Waals surface area contributed by atoms with Gasteiger partial charge in [0.05, 0.1) is 0 Å². The Bertz CT molecular complexity index is 599. The Morgan fingerprint density at radius 3 is 2.60 bits per heavy atom. The van der Waals surface area contributed by atoms with Crippen LogP contribution in [0.4, 0.5) is 5.69 Å². The van der Waals surface area contributed by atoms with Gasteiger partial charge in [0.2, 0.25) is 0 Å². The van der Waals surface area contributed by atoms with Gasteiger partial charge in [-0.15, -0.1) is 0 Å². The van der Waals surface area contributed by atoms with Crippen molar-refractivity contribution in [3.8, 4) is 0 Å². The van der Waals surface area contributed by atoms with Crippen molar-refractivity contribution in [3.63, 3.8) is 0 Å². The molecule has 0 fully saturated rings. The highest BCUT2D eigenvalue weighted by atomic mass is 35.5. The summed E-state index contributed by atoms with van der Waals surface area (Å²) in [6, 6.07) is 16.2. The molecule has 0 radical (unpaired) electrons. The first-order chi connectivity index (χ1) is 9.56. The molecule has 2 aromatic carbocycles. The number of benzene rings is 2. The maximum atomic E-state index is 5.98. The molecule has 20 heavy (non-hydrogen) atoms. The molecule has 0 amide bonds. The molecule has 0 spiro atoms. The maximum absolute atomic E-state index is 5.98. The van der Waals surface area contributed by atoms with Crippen LogP contribution in [-0.4, -0.2) is 11.0 Å². The fourth-order valence-corrected chi connectivity index (χ4v) is 2.47. The molecule has 0 aliphatic rings. The molecule has 1 unspecified atom stereocenters. The standard InChI is InChI=1S/C16H17ClN2S/c1-11(9-12-5-3-2-4-6-12)19-15-8-7-13(17)10-14(15)16(18)20/h2-8,10-11,19H,9H2,1H3,(H2,18,20). The van der Waals surface area contributed by atoms with Crippen LogP contribution >= 0.6 is 23.8 Å². The van der Waals surface area contributed by atoms with Gasteiger partial charge in [-0.3, -0.25) is 0 Å². The SMILES string of the molecule is CC(Cc1ccccc1)Nc1ccc(Cl)cc1C(N)=S. The zero-order valence-corrected chi connectivity index (χ0v) is 12.8. The lowest BCUT2D eigenvalue weighted by Gasteiger charge is -2.18. The van der Waals surface area contributed by atoms with Crippen LogP contribution in [0, 0.1) is 0 Å². The van der Waals surface area contributed by atoms with E-state index in [0.29, 0.717) is 10.0 Å². The molecule has 0 bridgehead atoms. The predicted octanol–water partition coefficient (Wildman–Crippen LogP) is 4.02. The fourth-order valence-electron chi connectivity index (χ4n) is 2.13. The molecule has 4 heteroatoms. The van der Waals surface area contributed by atoms with Crippen molar-refractivity contribution >= 4 is 34.5 Å². The van der Waals surface area contributed by atoms with E-state index >= 15 is 0 Å². The number of nitrogens with two attached hydrogens (primary N) is 1. The summed E-state index contributed by atoms with van der Waals surface area (Å²) in [5.41, 5.74) is 8.74. The Balaban J connectivity index is 2.11. The third kappa shape index (κ3) is 3.95. The minimum Gasteiger partial charge on any atom is -0.389 e. The van der Waals surface area contributed by atoms with Gasteiger partial charge in [0.25, 0.3) is 0 Å². The Hall–Kier alpha value is -1.58. The van der Waals surface area contributed by atoms with Crippen molar-refractivity contribution in [1.29, 1.82) is 0 Å². The second-order valence-electron chi connectivity index (χ2n) is 4.79. The van der Waals surface area contributed by atoms with E-state index in [1.54, 1.807) is 6.07 Å². The van der Waals surface area contributed by atoms with Gasteiger partial charge in [0, 0.05) is 22.3 Å². The Labute approximate surface area is 130 Å². The molecule has 0 aromatic heterocycles. The Morgan fingerprint density at radius 1 is 1.25 bits per heavy atom. The number of rotatable bonds is 5. The number of hydrogen-bond acceptors (Lipinski definition) is 2. The zero-order chi connectivity index (χ0) is 14.5. The van der Waals surface area contributed by atoms with Gasteiger partial charge in [0.15, 0.2) is 0 Å². The molecule has 2 nitrogen and oxygen atoms in total. The van der Waals surface area contributed by atoms with Crippen LogP contribution < -0.4 is 11.1 Å². The van der Waals surface area contributed by atoms with Crippen molar-refractivity contribution in [2.24, 2.45) is 5.73 Å². The normalized spacial score (nSPS) is 11.9. The van der Waals surface area contributed by atoms with Gasteiger partial charge in [-0.25, -0.2) is 0 Å². The monoisotopic (exact) mass is 304 g/mol. The van der Waals surface area contributed by atoms with E-state index in [4.69, 9.17) is 29.6 Å². The summed E-state index contributed by atoms with van der Waals surface area (Å²) in [5, 5.41) is 4.07. The molecule has 2 aromatic rings. The zero-order valence-electron chi connectivity index (χ0n) is 11.3. The highest BCUT2D eigenvalue weighted by Crippen LogP contribution is 2.22. The summed E-state index contributed by atoms with van der Waals surface area (Å²) in [6.45, 7) is 2.13. The first-order valence-electron chi connectivity index (χ1n) is 6.46. The van der Waals surface area contributed by atoms with Crippen LogP contribution in [0.3, 0.4) is 0 Å². The fraction of sp³-hybridized carbons (Fsp3) is 0.188. The van der Waals surface area contributed by atoms with Crippen molar-refractivity contribution in [2.45, 2.75) is 19.4 Å². The molecule has 0 aliphatic carbocycles. The number of thiocarbonyl (C=S) groups is 1. The molecule has 0 aliphatic heterocycles. The van der Waals surface area contributed by atoms with Gasteiger partial charge >= 0.3 is 0 Å². The molecule has 0 saturated heterocycles. The van der Waals surface area contributed by atoms with Crippen LogP contribution in [0.2, 0.25) is 5.02 Å². The first-order valence-corrected chi connectivity index (χ1v) is 7.24. The first kappa shape index (κ1) is 14.8. The van der Waals surface area contributed by atoms with Crippen LogP contribution in [0.1, 0.15) is 18.1 Å². The van der Waals surface area contributed by atoms with Gasteiger partial charge in [-0.05, 0) is 37.1 Å². The van der Waals surface area contributed by atoms with E-state index in [2.05, 4.69) is 24.4 Å². The van der Waals surface area contributed by atoms with Gasteiger partial charge in [0.1, 0.15) is 4.99 Å². The van der Waals surface area contributed by atoms with E-state index in [-0.39, 0.29) is 6.04 Å². The van der Waals surface area contributed by atoms with Crippen molar-refractivity contribution < 1.29 is 0 Å². The minimum atomic E-state index is 0.270. The molecule has 0 heterocycles. The average Bonchev–Trinajstić information content (AvgIpc) is 2.41. The molecule has 1 atom stereocenters. The van der Waals surface area contributed by atoms with E-state index in [9.17, 15) is 0 Å². The molecule has 104 valence electrons. The summed E-state index contributed by atoms with van der Waals surface area (Å²) >= 11 is 11.1. The molecule has 0 saturated carbocycles. The van der Waals surface area contributed by atoms with Gasteiger partial charge < -0.3 is 11.1 Å². The van der Waals surface area contributed by atoms with Crippen molar-refractivity contribution in [1.82, 2.24) is 0 Å². The minimum absolute atomic E-state index is 0.270. The number of halogens is 1. The van der Waals surface area contributed by atoms with E-state index in [1.807, 2.05) is 30.3 Å². The highest BCUT2D eigenvalue weighted by molar-refractivity contribution is 7.80. The molecular weight excluding hydrogens is 288 g/mol. The number of anilines is 1. The third-order valence-corrected chi connectivity index (χ3v) is 3.49. The molecule has 3 N–H and O–H groups in total. The second kappa shape index (κ2) is 6.73. The van der Waals surface area contributed by atoms with E-state index in [1.165, 1.54) is 5.56 Å². The third-order valence-electron chi connectivity index (χ3n) is 3.03.